The number of carboxylic acid groups (broad SMARTS) is 1. The molecule has 9 heteroatoms. The van der Waals surface area contributed by atoms with Crippen molar-refractivity contribution in [1.82, 2.24) is 24.5 Å². The summed E-state index contributed by atoms with van der Waals surface area (Å²) in [6.45, 7) is 4.60. The van der Waals surface area contributed by atoms with Crippen molar-refractivity contribution in [3.05, 3.63) is 101 Å². The van der Waals surface area contributed by atoms with Crippen LogP contribution in [0.2, 0.25) is 0 Å². The molecule has 8 nitrogen and oxygen atoms in total. The van der Waals surface area contributed by atoms with Crippen molar-refractivity contribution in [1.29, 1.82) is 0 Å². The van der Waals surface area contributed by atoms with Crippen LogP contribution < -0.4 is 4.74 Å². The zero-order chi connectivity index (χ0) is 30.1. The number of rotatable bonds is 11. The summed E-state index contributed by atoms with van der Waals surface area (Å²) in [6, 6.07) is 22.4. The van der Waals surface area contributed by atoms with Crippen LogP contribution in [-0.4, -0.2) is 42.2 Å². The van der Waals surface area contributed by atoms with Crippen molar-refractivity contribution < 1.29 is 14.6 Å². The predicted octanol–water partition coefficient (Wildman–Crippen LogP) is 7.22. The summed E-state index contributed by atoms with van der Waals surface area (Å²) in [7, 11) is 3.91. The Hall–Kier alpha value is -4.50. The number of hydrogen-bond acceptors (Lipinski definition) is 5. The number of hydrogen-bond donors (Lipinski definition) is 2. The number of aromatic amines is 1. The second-order valence-electron chi connectivity index (χ2n) is 10.9. The molecule has 6 aromatic rings. The van der Waals surface area contributed by atoms with Gasteiger partial charge in [0.2, 0.25) is 0 Å². The summed E-state index contributed by atoms with van der Waals surface area (Å²) < 4.78 is 9.96. The Morgan fingerprint density at radius 3 is 2.51 bits per heavy atom. The van der Waals surface area contributed by atoms with E-state index in [1.807, 2.05) is 59.9 Å². The van der Waals surface area contributed by atoms with Gasteiger partial charge in [0.25, 0.3) is 0 Å². The van der Waals surface area contributed by atoms with E-state index in [2.05, 4.69) is 54.3 Å². The minimum atomic E-state index is -0.962. The summed E-state index contributed by atoms with van der Waals surface area (Å²) in [5, 5.41) is 22.7. The number of nitrogens with zero attached hydrogens (tertiary/aromatic N) is 4. The maximum absolute atomic E-state index is 12.4. The highest BCUT2D eigenvalue weighted by molar-refractivity contribution is 7.97. The van der Waals surface area contributed by atoms with Gasteiger partial charge in [-0.3, -0.25) is 9.36 Å². The van der Waals surface area contributed by atoms with Gasteiger partial charge in [0.05, 0.1) is 23.5 Å². The minimum absolute atomic E-state index is 0.232. The molecular weight excluding hydrogens is 558 g/mol. The number of H-pyrrole nitrogens is 1. The molecule has 0 aliphatic carbocycles. The Balaban J connectivity index is 1.25. The number of aromatic carboxylic acids is 1. The Bertz CT molecular complexity index is 1930. The van der Waals surface area contributed by atoms with Gasteiger partial charge >= 0.3 is 5.97 Å². The molecule has 3 heterocycles. The van der Waals surface area contributed by atoms with E-state index in [9.17, 15) is 9.90 Å². The topological polar surface area (TPSA) is 98.0 Å². The van der Waals surface area contributed by atoms with Gasteiger partial charge in [-0.05, 0) is 49.8 Å². The third-order valence-corrected chi connectivity index (χ3v) is 9.04. The molecule has 0 spiro atoms. The lowest BCUT2D eigenvalue weighted by molar-refractivity contribution is 0.0690. The van der Waals surface area contributed by atoms with Crippen molar-refractivity contribution in [2.24, 2.45) is 14.1 Å². The quantitative estimate of drug-likeness (QED) is 0.154. The fourth-order valence-electron chi connectivity index (χ4n) is 5.76. The largest absolute Gasteiger partial charge is 0.493 e. The van der Waals surface area contributed by atoms with E-state index < -0.39 is 5.97 Å². The molecule has 220 valence electrons. The van der Waals surface area contributed by atoms with Gasteiger partial charge in [0, 0.05) is 58.9 Å². The van der Waals surface area contributed by atoms with Gasteiger partial charge in [0.1, 0.15) is 11.4 Å². The lowest BCUT2D eigenvalue weighted by atomic mass is 9.98. The number of aromatic nitrogens is 5. The molecule has 0 atom stereocenters. The molecule has 0 saturated heterocycles. The molecule has 0 unspecified atom stereocenters. The molecule has 0 aliphatic rings. The van der Waals surface area contributed by atoms with Gasteiger partial charge in [0.15, 0.2) is 0 Å². The lowest BCUT2D eigenvalue weighted by Gasteiger charge is -2.10. The number of benzene rings is 3. The predicted molar refractivity (Wildman–Crippen MR) is 173 cm³/mol. The summed E-state index contributed by atoms with van der Waals surface area (Å²) in [5.74, 6) is 1.38. The number of carbonyl (C=O) groups is 1. The molecule has 0 bridgehead atoms. The first-order valence-electron chi connectivity index (χ1n) is 14.4. The normalized spacial score (nSPS) is 11.5. The van der Waals surface area contributed by atoms with E-state index in [1.54, 1.807) is 11.8 Å². The van der Waals surface area contributed by atoms with E-state index in [0.717, 1.165) is 72.6 Å². The highest BCUT2D eigenvalue weighted by Crippen LogP contribution is 2.37. The Morgan fingerprint density at radius 2 is 1.72 bits per heavy atom. The second-order valence-corrected chi connectivity index (χ2v) is 11.9. The molecule has 0 saturated carbocycles. The zero-order valence-corrected chi connectivity index (χ0v) is 25.7. The molecule has 0 aliphatic heterocycles. The van der Waals surface area contributed by atoms with Gasteiger partial charge < -0.3 is 14.8 Å². The first-order valence-corrected chi connectivity index (χ1v) is 15.5. The number of ether oxygens (including phenoxy) is 1. The number of thioether (sulfide) groups is 1. The summed E-state index contributed by atoms with van der Waals surface area (Å²) in [4.78, 5) is 15.7. The molecule has 3 aromatic heterocycles. The van der Waals surface area contributed by atoms with Crippen LogP contribution in [0.1, 0.15) is 45.2 Å². The molecule has 2 N–H and O–H groups in total. The smallest absolute Gasteiger partial charge is 0.352 e. The van der Waals surface area contributed by atoms with Crippen molar-refractivity contribution in [3.63, 3.8) is 0 Å². The monoisotopic (exact) mass is 593 g/mol. The average Bonchev–Trinajstić information content (AvgIpc) is 3.63. The Labute approximate surface area is 254 Å². The van der Waals surface area contributed by atoms with E-state index in [4.69, 9.17) is 9.84 Å². The highest BCUT2D eigenvalue weighted by Gasteiger charge is 2.23. The van der Waals surface area contributed by atoms with Crippen LogP contribution in [0.15, 0.2) is 66.7 Å². The van der Waals surface area contributed by atoms with Gasteiger partial charge in [-0.15, -0.1) is 11.8 Å². The number of para-hydroxylation sites is 1. The number of nitrogens with one attached hydrogen (secondary N) is 1. The fraction of sp³-hybridized carbons (Fsp3) is 0.265. The zero-order valence-electron chi connectivity index (χ0n) is 24.8. The lowest BCUT2D eigenvalue weighted by Crippen LogP contribution is -2.04. The van der Waals surface area contributed by atoms with Crippen LogP contribution in [0, 0.1) is 13.8 Å². The standard InChI is InChI=1S/C34H35N5O3S/c1-21-18-24(36-38(21)3)19-43-20-29-31(22(2)39(4)37-29)28-14-8-13-26-27(33(34(40)41)35-32(26)28)15-9-17-42-30-16-7-11-23-10-5-6-12-25(23)30/h5-8,10-14,16,18,35H,9,15,17,19-20H2,1-4H3,(H,40,41). The van der Waals surface area contributed by atoms with E-state index in [1.165, 1.54) is 0 Å². The Morgan fingerprint density at radius 1 is 0.953 bits per heavy atom. The van der Waals surface area contributed by atoms with Crippen LogP contribution in [0.5, 0.6) is 5.75 Å². The van der Waals surface area contributed by atoms with Crippen LogP contribution in [0.4, 0.5) is 0 Å². The highest BCUT2D eigenvalue weighted by atomic mass is 32.2. The first kappa shape index (κ1) is 28.6. The van der Waals surface area contributed by atoms with Crippen LogP contribution >= 0.6 is 11.8 Å². The summed E-state index contributed by atoms with van der Waals surface area (Å²) in [5.41, 5.74) is 8.06. The molecule has 0 radical (unpaired) electrons. The van der Waals surface area contributed by atoms with E-state index in [0.29, 0.717) is 25.2 Å². The van der Waals surface area contributed by atoms with Gasteiger partial charge in [-0.25, -0.2) is 4.79 Å². The number of carboxylic acids is 1. The van der Waals surface area contributed by atoms with Crippen molar-refractivity contribution >= 4 is 39.4 Å². The maximum Gasteiger partial charge on any atom is 0.352 e. The van der Waals surface area contributed by atoms with Gasteiger partial charge in [-0.2, -0.15) is 10.2 Å². The second kappa shape index (κ2) is 12.0. The number of fused-ring (bicyclic) bond motifs is 2. The first-order chi connectivity index (χ1) is 20.8. The summed E-state index contributed by atoms with van der Waals surface area (Å²) >= 11 is 1.77. The Kier molecular flexibility index (Phi) is 7.99. The SMILES string of the molecule is Cc1cc(CSCc2nn(C)c(C)c2-c2cccc3c(CCCOc4cccc5ccccc45)c(C(=O)O)[nH]c23)nn1C. The van der Waals surface area contributed by atoms with Crippen molar-refractivity contribution in [2.75, 3.05) is 6.61 Å². The third kappa shape index (κ3) is 5.64. The molecular formula is C34H35N5O3S. The molecule has 0 fully saturated rings. The van der Waals surface area contributed by atoms with Crippen LogP contribution in [0.25, 0.3) is 32.8 Å². The maximum atomic E-state index is 12.4. The van der Waals surface area contributed by atoms with Crippen molar-refractivity contribution in [3.8, 4) is 16.9 Å². The minimum Gasteiger partial charge on any atom is -0.493 e. The third-order valence-electron chi connectivity index (χ3n) is 8.06. The number of aryl methyl sites for hydroxylation is 4. The van der Waals surface area contributed by atoms with Crippen molar-refractivity contribution in [2.45, 2.75) is 38.2 Å². The van der Waals surface area contributed by atoms with Gasteiger partial charge in [-0.1, -0.05) is 54.6 Å². The van der Waals surface area contributed by atoms with Crippen LogP contribution in [0.3, 0.4) is 0 Å². The van der Waals surface area contributed by atoms with E-state index in [-0.39, 0.29) is 5.69 Å². The molecule has 6 rings (SSSR count). The molecule has 0 amide bonds. The molecule has 43 heavy (non-hydrogen) atoms. The molecule has 3 aromatic carbocycles. The average molecular weight is 594 g/mol. The fourth-order valence-corrected chi connectivity index (χ4v) is 6.61. The van der Waals surface area contributed by atoms with E-state index >= 15 is 0 Å². The summed E-state index contributed by atoms with van der Waals surface area (Å²) in [6.07, 6.45) is 1.26. The van der Waals surface area contributed by atoms with Crippen LogP contribution in [-0.2, 0) is 32.0 Å².